The monoisotopic (exact) mass is 359 g/mol. The third-order valence-corrected chi connectivity index (χ3v) is 4.45. The van der Waals surface area contributed by atoms with E-state index in [1.807, 2.05) is 24.3 Å². The predicted molar refractivity (Wildman–Crippen MR) is 88.6 cm³/mol. The number of nitrogens with one attached hydrogen (secondary N) is 1. The molecule has 0 aliphatic rings. The minimum Gasteiger partial charge on any atom is -0.491 e. The first kappa shape index (κ1) is 18.4. The summed E-state index contributed by atoms with van der Waals surface area (Å²) in [4.78, 5) is 0. The molecule has 0 amide bonds. The first-order chi connectivity index (χ1) is 10.0. The molecule has 1 aromatic carbocycles. The quantitative estimate of drug-likeness (QED) is 0.600. The predicted octanol–water partition coefficient (Wildman–Crippen LogP) is 2.58. The molecular weight excluding hydrogens is 334 g/mol. The fraction of sp³-hybridized carbons (Fsp3) is 0.625. The van der Waals surface area contributed by atoms with Gasteiger partial charge in [-0.2, -0.15) is 0 Å². The van der Waals surface area contributed by atoms with Crippen LogP contribution >= 0.6 is 15.9 Å². The van der Waals surface area contributed by atoms with Gasteiger partial charge in [-0.25, -0.2) is 0 Å². The van der Waals surface area contributed by atoms with Crippen LogP contribution < -0.4 is 10.1 Å². The van der Waals surface area contributed by atoms with Gasteiger partial charge in [0.2, 0.25) is 0 Å². The number of aliphatic hydroxyl groups excluding tert-OH is 2. The molecule has 1 atom stereocenters. The second kappa shape index (κ2) is 9.41. The fourth-order valence-corrected chi connectivity index (χ4v) is 2.47. The summed E-state index contributed by atoms with van der Waals surface area (Å²) >= 11 is 3.38. The number of benzene rings is 1. The summed E-state index contributed by atoms with van der Waals surface area (Å²) in [6, 6.07) is 7.54. The van der Waals surface area contributed by atoms with Gasteiger partial charge in [0.25, 0.3) is 0 Å². The molecule has 3 N–H and O–H groups in total. The van der Waals surface area contributed by atoms with Crippen molar-refractivity contribution in [3.63, 3.8) is 0 Å². The van der Waals surface area contributed by atoms with Crippen LogP contribution in [0.5, 0.6) is 5.75 Å². The minimum absolute atomic E-state index is 0.0924. The number of rotatable bonds is 10. The lowest BCUT2D eigenvalue weighted by atomic mass is 9.83. The average molecular weight is 360 g/mol. The largest absolute Gasteiger partial charge is 0.491 e. The highest BCUT2D eigenvalue weighted by Gasteiger charge is 2.24. The van der Waals surface area contributed by atoms with E-state index in [0.717, 1.165) is 23.1 Å². The van der Waals surface area contributed by atoms with Gasteiger partial charge >= 0.3 is 0 Å². The van der Waals surface area contributed by atoms with Gasteiger partial charge in [-0.1, -0.05) is 35.8 Å². The van der Waals surface area contributed by atoms with Crippen molar-refractivity contribution in [1.29, 1.82) is 0 Å². The van der Waals surface area contributed by atoms with Crippen molar-refractivity contribution in [3.05, 3.63) is 28.7 Å². The van der Waals surface area contributed by atoms with Crippen LogP contribution in [0.2, 0.25) is 0 Å². The Morgan fingerprint density at radius 2 is 2.05 bits per heavy atom. The Kier molecular flexibility index (Phi) is 8.26. The molecule has 1 unspecified atom stereocenters. The Hall–Kier alpha value is -0.620. The van der Waals surface area contributed by atoms with E-state index in [1.54, 1.807) is 0 Å². The number of aliphatic hydroxyl groups is 2. The molecule has 21 heavy (non-hydrogen) atoms. The second-order valence-electron chi connectivity index (χ2n) is 5.42. The molecule has 4 nitrogen and oxygen atoms in total. The fourth-order valence-electron chi connectivity index (χ4n) is 2.09. The van der Waals surface area contributed by atoms with Crippen LogP contribution in [0.4, 0.5) is 0 Å². The van der Waals surface area contributed by atoms with Crippen LogP contribution in [-0.2, 0) is 0 Å². The van der Waals surface area contributed by atoms with Crippen molar-refractivity contribution in [2.45, 2.75) is 32.8 Å². The Morgan fingerprint density at radius 1 is 1.33 bits per heavy atom. The molecule has 0 spiro atoms. The smallest absolute Gasteiger partial charge is 0.120 e. The van der Waals surface area contributed by atoms with E-state index in [-0.39, 0.29) is 18.6 Å². The molecule has 120 valence electrons. The van der Waals surface area contributed by atoms with Gasteiger partial charge in [-0.3, -0.25) is 0 Å². The SMILES string of the molecule is CCC(CC)(CO)CNCC(O)COc1cccc(Br)c1. The first-order valence-electron chi connectivity index (χ1n) is 7.43. The zero-order chi connectivity index (χ0) is 15.7. The lowest BCUT2D eigenvalue weighted by Gasteiger charge is -2.30. The number of halogens is 1. The number of hydrogen-bond donors (Lipinski definition) is 3. The third kappa shape index (κ3) is 6.34. The van der Waals surface area contributed by atoms with Crippen LogP contribution in [0.1, 0.15) is 26.7 Å². The lowest BCUT2D eigenvalue weighted by molar-refractivity contribution is 0.0863. The highest BCUT2D eigenvalue weighted by atomic mass is 79.9. The van der Waals surface area contributed by atoms with Crippen LogP contribution in [0.3, 0.4) is 0 Å². The van der Waals surface area contributed by atoms with E-state index in [9.17, 15) is 10.2 Å². The highest BCUT2D eigenvalue weighted by Crippen LogP contribution is 2.24. The molecule has 0 saturated carbocycles. The molecule has 0 radical (unpaired) electrons. The maximum Gasteiger partial charge on any atom is 0.120 e. The van der Waals surface area contributed by atoms with Gasteiger partial charge < -0.3 is 20.3 Å². The van der Waals surface area contributed by atoms with Crippen molar-refractivity contribution >= 4 is 15.9 Å². The van der Waals surface area contributed by atoms with Crippen molar-refractivity contribution in [3.8, 4) is 5.75 Å². The summed E-state index contributed by atoms with van der Waals surface area (Å²) in [5, 5.41) is 22.6. The van der Waals surface area contributed by atoms with Gasteiger partial charge in [0.05, 0.1) is 0 Å². The normalized spacial score (nSPS) is 13.2. The average Bonchev–Trinajstić information content (AvgIpc) is 2.50. The van der Waals surface area contributed by atoms with Crippen LogP contribution in [0.25, 0.3) is 0 Å². The van der Waals surface area contributed by atoms with Crippen LogP contribution in [-0.4, -0.2) is 42.6 Å². The Bertz CT molecular complexity index is 402. The summed E-state index contributed by atoms with van der Waals surface area (Å²) in [7, 11) is 0. The van der Waals surface area contributed by atoms with Gasteiger partial charge in [-0.15, -0.1) is 0 Å². The Morgan fingerprint density at radius 3 is 2.62 bits per heavy atom. The summed E-state index contributed by atoms with van der Waals surface area (Å²) in [5.74, 6) is 0.732. The van der Waals surface area contributed by atoms with Crippen LogP contribution in [0, 0.1) is 5.41 Å². The van der Waals surface area contributed by atoms with E-state index < -0.39 is 6.10 Å². The number of hydrogen-bond acceptors (Lipinski definition) is 4. The summed E-state index contributed by atoms with van der Waals surface area (Å²) < 4.78 is 6.49. The molecule has 5 heteroatoms. The minimum atomic E-state index is -0.575. The third-order valence-electron chi connectivity index (χ3n) is 3.95. The topological polar surface area (TPSA) is 61.7 Å². The zero-order valence-electron chi connectivity index (χ0n) is 12.8. The van der Waals surface area contributed by atoms with Crippen molar-refractivity contribution in [2.24, 2.45) is 5.41 Å². The van der Waals surface area contributed by atoms with Crippen molar-refractivity contribution in [2.75, 3.05) is 26.3 Å². The van der Waals surface area contributed by atoms with Crippen molar-refractivity contribution < 1.29 is 14.9 Å². The number of ether oxygens (including phenoxy) is 1. The molecule has 0 aliphatic heterocycles. The lowest BCUT2D eigenvalue weighted by Crippen LogP contribution is -2.40. The van der Waals surface area contributed by atoms with Gasteiger partial charge in [0.1, 0.15) is 18.5 Å². The molecule has 0 fully saturated rings. The summed E-state index contributed by atoms with van der Waals surface area (Å²) in [5.41, 5.74) is -0.0924. The zero-order valence-corrected chi connectivity index (χ0v) is 14.4. The Labute approximate surface area is 135 Å². The van der Waals surface area contributed by atoms with E-state index in [2.05, 4.69) is 35.1 Å². The first-order valence-corrected chi connectivity index (χ1v) is 8.22. The van der Waals surface area contributed by atoms with Gasteiger partial charge in [0, 0.05) is 29.6 Å². The van der Waals surface area contributed by atoms with E-state index >= 15 is 0 Å². The van der Waals surface area contributed by atoms with Gasteiger partial charge in [0.15, 0.2) is 0 Å². The highest BCUT2D eigenvalue weighted by molar-refractivity contribution is 9.10. The maximum absolute atomic E-state index is 9.93. The molecule has 0 heterocycles. The standard InChI is InChI=1S/C16H26BrNO3/c1-3-16(4-2,12-19)11-18-9-14(20)10-21-15-7-5-6-13(17)8-15/h5-8,14,18-20H,3-4,9-12H2,1-2H3. The van der Waals surface area contributed by atoms with Crippen LogP contribution in [0.15, 0.2) is 28.7 Å². The molecule has 1 rings (SSSR count). The summed E-state index contributed by atoms with van der Waals surface area (Å²) in [6.07, 6.45) is 1.25. The molecule has 0 saturated heterocycles. The second-order valence-corrected chi connectivity index (χ2v) is 6.33. The van der Waals surface area contributed by atoms with Gasteiger partial charge in [-0.05, 0) is 31.0 Å². The summed E-state index contributed by atoms with van der Waals surface area (Å²) in [6.45, 7) is 5.72. The van der Waals surface area contributed by atoms with E-state index in [1.165, 1.54) is 0 Å². The molecular formula is C16H26BrNO3. The van der Waals surface area contributed by atoms with E-state index in [4.69, 9.17) is 4.74 Å². The molecule has 1 aromatic rings. The van der Waals surface area contributed by atoms with Crippen molar-refractivity contribution in [1.82, 2.24) is 5.32 Å². The van der Waals surface area contributed by atoms with E-state index in [0.29, 0.717) is 13.1 Å². The molecule has 0 aliphatic carbocycles. The Balaban J connectivity index is 2.29. The molecule has 0 bridgehead atoms. The molecule has 0 aromatic heterocycles. The maximum atomic E-state index is 9.93.